The van der Waals surface area contributed by atoms with Crippen LogP contribution in [-0.2, 0) is 26.2 Å². The molecule has 0 aromatic heterocycles. The van der Waals surface area contributed by atoms with Crippen molar-refractivity contribution in [2.45, 2.75) is 57.6 Å². The van der Waals surface area contributed by atoms with E-state index in [1.165, 1.54) is 24.1 Å². The lowest BCUT2D eigenvalue weighted by atomic mass is 10.1. The number of anilines is 1. The fourth-order valence-electron chi connectivity index (χ4n) is 3.95. The van der Waals surface area contributed by atoms with Gasteiger partial charge in [-0.25, -0.2) is 8.42 Å². The summed E-state index contributed by atoms with van der Waals surface area (Å²) in [6.07, 6.45) is 0.737. The summed E-state index contributed by atoms with van der Waals surface area (Å²) >= 11 is 3.42. The Morgan fingerprint density at radius 1 is 0.950 bits per heavy atom. The van der Waals surface area contributed by atoms with Gasteiger partial charge in [-0.1, -0.05) is 52.7 Å². The zero-order chi connectivity index (χ0) is 29.4. The minimum atomic E-state index is -4.14. The first kappa shape index (κ1) is 31.2. The Bertz CT molecular complexity index is 1390. The predicted octanol–water partition coefficient (Wildman–Crippen LogP) is 5.29. The fourth-order valence-corrected chi connectivity index (χ4v) is 5.63. The van der Waals surface area contributed by atoms with Gasteiger partial charge in [0, 0.05) is 17.1 Å². The van der Waals surface area contributed by atoms with Crippen molar-refractivity contribution in [3.63, 3.8) is 0 Å². The lowest BCUT2D eigenvalue weighted by Gasteiger charge is -2.32. The van der Waals surface area contributed by atoms with Gasteiger partial charge in [0.05, 0.1) is 17.7 Å². The summed E-state index contributed by atoms with van der Waals surface area (Å²) < 4.78 is 34.9. The Morgan fingerprint density at radius 3 is 2.10 bits per heavy atom. The number of amides is 2. The Balaban J connectivity index is 2.01. The number of carbonyl (C=O) groups excluding carboxylic acids is 2. The van der Waals surface area contributed by atoms with Crippen LogP contribution in [0, 0.1) is 6.92 Å². The van der Waals surface area contributed by atoms with E-state index < -0.39 is 28.5 Å². The van der Waals surface area contributed by atoms with E-state index in [1.807, 2.05) is 45.0 Å². The van der Waals surface area contributed by atoms with Crippen molar-refractivity contribution >= 4 is 43.5 Å². The zero-order valence-corrected chi connectivity index (χ0v) is 25.8. The number of ether oxygens (including phenoxy) is 1. The topological polar surface area (TPSA) is 96.0 Å². The van der Waals surface area contributed by atoms with Crippen molar-refractivity contribution in [1.29, 1.82) is 0 Å². The van der Waals surface area contributed by atoms with Gasteiger partial charge in [0.1, 0.15) is 18.3 Å². The van der Waals surface area contributed by atoms with Gasteiger partial charge in [0.15, 0.2) is 0 Å². The molecule has 0 saturated heterocycles. The average molecular weight is 631 g/mol. The van der Waals surface area contributed by atoms with Crippen molar-refractivity contribution in [2.75, 3.05) is 18.0 Å². The molecule has 0 bridgehead atoms. The molecule has 0 aliphatic carbocycles. The van der Waals surface area contributed by atoms with Crippen molar-refractivity contribution < 1.29 is 22.7 Å². The summed E-state index contributed by atoms with van der Waals surface area (Å²) in [7, 11) is -2.65. The van der Waals surface area contributed by atoms with Crippen molar-refractivity contribution in [1.82, 2.24) is 10.2 Å². The largest absolute Gasteiger partial charge is 0.497 e. The standard InChI is InChI=1S/C30H36BrN3O5S/c1-6-22(3)32-30(36)23(4)33(19-24-9-11-25(31)12-10-24)29(35)20-34(26-13-7-21(2)8-14-26)40(37,38)28-17-15-27(39-5)16-18-28/h7-18,22-23H,6,19-20H2,1-5H3,(H,32,36)/t22-,23-/m1/s1. The number of aryl methyl sites for hydroxylation is 1. The number of methoxy groups -OCH3 is 1. The molecule has 0 saturated carbocycles. The number of nitrogens with one attached hydrogen (secondary N) is 1. The summed E-state index contributed by atoms with van der Waals surface area (Å²) in [5, 5.41) is 2.93. The maximum atomic E-state index is 14.0. The molecule has 0 unspecified atom stereocenters. The van der Waals surface area contributed by atoms with E-state index in [9.17, 15) is 18.0 Å². The number of carbonyl (C=O) groups is 2. The van der Waals surface area contributed by atoms with Crippen LogP contribution in [0.2, 0.25) is 0 Å². The molecule has 3 aromatic carbocycles. The van der Waals surface area contributed by atoms with Crippen LogP contribution in [0.5, 0.6) is 5.75 Å². The first-order chi connectivity index (χ1) is 19.0. The maximum Gasteiger partial charge on any atom is 0.264 e. The highest BCUT2D eigenvalue weighted by molar-refractivity contribution is 9.10. The number of hydrogen-bond donors (Lipinski definition) is 1. The fraction of sp³-hybridized carbons (Fsp3) is 0.333. The monoisotopic (exact) mass is 629 g/mol. The third-order valence-electron chi connectivity index (χ3n) is 6.68. The Kier molecular flexibility index (Phi) is 10.8. The maximum absolute atomic E-state index is 14.0. The van der Waals surface area contributed by atoms with Crippen LogP contribution in [0.4, 0.5) is 5.69 Å². The first-order valence-corrected chi connectivity index (χ1v) is 15.3. The summed E-state index contributed by atoms with van der Waals surface area (Å²) in [5.41, 5.74) is 2.10. The lowest BCUT2D eigenvalue weighted by Crippen LogP contribution is -2.52. The van der Waals surface area contributed by atoms with Gasteiger partial charge < -0.3 is 15.0 Å². The molecule has 0 aliphatic heterocycles. The van der Waals surface area contributed by atoms with Crippen LogP contribution in [0.3, 0.4) is 0 Å². The van der Waals surface area contributed by atoms with Gasteiger partial charge in [-0.3, -0.25) is 13.9 Å². The first-order valence-electron chi connectivity index (χ1n) is 13.0. The van der Waals surface area contributed by atoms with Crippen molar-refractivity contribution in [3.05, 3.63) is 88.4 Å². The van der Waals surface area contributed by atoms with Gasteiger partial charge in [-0.2, -0.15) is 0 Å². The van der Waals surface area contributed by atoms with E-state index >= 15 is 0 Å². The molecule has 8 nitrogen and oxygen atoms in total. The second-order valence-corrected chi connectivity index (χ2v) is 12.4. The Hall–Kier alpha value is -3.37. The van der Waals surface area contributed by atoms with E-state index in [0.717, 1.165) is 26.3 Å². The molecule has 2 atom stereocenters. The minimum Gasteiger partial charge on any atom is -0.497 e. The Morgan fingerprint density at radius 2 is 1.55 bits per heavy atom. The Labute approximate surface area is 245 Å². The van der Waals surface area contributed by atoms with Crippen LogP contribution in [-0.4, -0.2) is 50.9 Å². The van der Waals surface area contributed by atoms with E-state index in [1.54, 1.807) is 43.3 Å². The highest BCUT2D eigenvalue weighted by Crippen LogP contribution is 2.26. The van der Waals surface area contributed by atoms with Crippen LogP contribution < -0.4 is 14.4 Å². The molecule has 0 aliphatic rings. The van der Waals surface area contributed by atoms with Gasteiger partial charge in [-0.15, -0.1) is 0 Å². The van der Waals surface area contributed by atoms with E-state index in [0.29, 0.717) is 11.4 Å². The molecule has 40 heavy (non-hydrogen) atoms. The second kappa shape index (κ2) is 13.8. The molecule has 10 heteroatoms. The van der Waals surface area contributed by atoms with E-state index in [2.05, 4.69) is 21.2 Å². The quantitative estimate of drug-likeness (QED) is 0.294. The zero-order valence-electron chi connectivity index (χ0n) is 23.4. The molecule has 3 rings (SSSR count). The summed E-state index contributed by atoms with van der Waals surface area (Å²) in [6.45, 7) is 7.05. The average Bonchev–Trinajstić information content (AvgIpc) is 2.95. The van der Waals surface area contributed by atoms with Gasteiger partial charge >= 0.3 is 0 Å². The molecule has 0 radical (unpaired) electrons. The smallest absolute Gasteiger partial charge is 0.264 e. The van der Waals surface area contributed by atoms with Gasteiger partial charge in [-0.05, 0) is 81.3 Å². The third kappa shape index (κ3) is 7.85. The number of nitrogens with zero attached hydrogens (tertiary/aromatic N) is 2. The second-order valence-electron chi connectivity index (χ2n) is 9.66. The third-order valence-corrected chi connectivity index (χ3v) is 9.00. The molecule has 3 aromatic rings. The lowest BCUT2D eigenvalue weighted by molar-refractivity contribution is -0.139. The highest BCUT2D eigenvalue weighted by atomic mass is 79.9. The molecule has 0 heterocycles. The van der Waals surface area contributed by atoms with Gasteiger partial charge in [0.25, 0.3) is 10.0 Å². The molecule has 2 amide bonds. The van der Waals surface area contributed by atoms with Crippen LogP contribution in [0.1, 0.15) is 38.3 Å². The van der Waals surface area contributed by atoms with Crippen molar-refractivity contribution in [3.8, 4) is 5.75 Å². The van der Waals surface area contributed by atoms with Gasteiger partial charge in [0.2, 0.25) is 11.8 Å². The van der Waals surface area contributed by atoms with E-state index in [4.69, 9.17) is 4.74 Å². The number of halogens is 1. The molecule has 1 N–H and O–H groups in total. The highest BCUT2D eigenvalue weighted by Gasteiger charge is 2.32. The van der Waals surface area contributed by atoms with Crippen molar-refractivity contribution in [2.24, 2.45) is 0 Å². The van der Waals surface area contributed by atoms with Crippen LogP contribution in [0.15, 0.2) is 82.2 Å². The molecular weight excluding hydrogens is 594 g/mol. The number of benzene rings is 3. The number of sulfonamides is 1. The minimum absolute atomic E-state index is 0.0173. The molecule has 0 fully saturated rings. The van der Waals surface area contributed by atoms with Crippen LogP contribution >= 0.6 is 15.9 Å². The molecule has 214 valence electrons. The SMILES string of the molecule is CC[C@@H](C)NC(=O)[C@@H](C)N(Cc1ccc(Br)cc1)C(=O)CN(c1ccc(C)cc1)S(=O)(=O)c1ccc(OC)cc1. The van der Waals surface area contributed by atoms with Crippen LogP contribution in [0.25, 0.3) is 0 Å². The predicted molar refractivity (Wildman–Crippen MR) is 161 cm³/mol. The summed E-state index contributed by atoms with van der Waals surface area (Å²) in [5.74, 6) is -0.300. The summed E-state index contributed by atoms with van der Waals surface area (Å²) in [4.78, 5) is 28.5. The molecule has 0 spiro atoms. The normalized spacial score (nSPS) is 12.8. The molecular formula is C30H36BrN3O5S. The van der Waals surface area contributed by atoms with E-state index in [-0.39, 0.29) is 23.4 Å². The summed E-state index contributed by atoms with van der Waals surface area (Å²) in [6, 6.07) is 19.4. The number of rotatable bonds is 12. The number of hydrogen-bond acceptors (Lipinski definition) is 5.